The van der Waals surface area contributed by atoms with E-state index in [1.165, 1.54) is 7.11 Å². The minimum absolute atomic E-state index is 0.0481. The molecule has 0 bridgehead atoms. The Hall–Kier alpha value is -3.08. The molecule has 0 aromatic heterocycles. The summed E-state index contributed by atoms with van der Waals surface area (Å²) < 4.78 is 5.22. The second-order valence-electron chi connectivity index (χ2n) is 5.21. The predicted octanol–water partition coefficient (Wildman–Crippen LogP) is 2.85. The minimum atomic E-state index is -0.736. The lowest BCUT2D eigenvalue weighted by Crippen LogP contribution is -2.31. The molecular weight excluding hydrogens is 294 g/mol. The van der Waals surface area contributed by atoms with Gasteiger partial charge in [-0.1, -0.05) is 35.9 Å². The SMILES string of the molecule is COc1ccccc1C1=C(O)C(=O)N(c2ccc(C)cc2)C1=O. The first-order valence-electron chi connectivity index (χ1n) is 7.06. The van der Waals surface area contributed by atoms with Gasteiger partial charge in [-0.25, -0.2) is 4.90 Å². The van der Waals surface area contributed by atoms with E-state index in [2.05, 4.69) is 0 Å². The number of carbonyl (C=O) groups excluding carboxylic acids is 2. The van der Waals surface area contributed by atoms with Crippen LogP contribution < -0.4 is 9.64 Å². The minimum Gasteiger partial charge on any atom is -0.502 e. The number of rotatable bonds is 3. The summed E-state index contributed by atoms with van der Waals surface area (Å²) in [6, 6.07) is 13.7. The first kappa shape index (κ1) is 14.8. The Kier molecular flexibility index (Phi) is 3.62. The molecule has 1 heterocycles. The van der Waals surface area contributed by atoms with E-state index in [0.717, 1.165) is 10.5 Å². The smallest absolute Gasteiger partial charge is 0.301 e. The van der Waals surface area contributed by atoms with Gasteiger partial charge in [0.25, 0.3) is 5.91 Å². The highest BCUT2D eigenvalue weighted by Crippen LogP contribution is 2.35. The molecule has 0 aliphatic carbocycles. The molecule has 0 radical (unpaired) electrons. The maximum Gasteiger partial charge on any atom is 0.301 e. The highest BCUT2D eigenvalue weighted by molar-refractivity contribution is 6.45. The normalized spacial score (nSPS) is 14.6. The maximum atomic E-state index is 12.7. The van der Waals surface area contributed by atoms with Gasteiger partial charge < -0.3 is 9.84 Å². The van der Waals surface area contributed by atoms with Gasteiger partial charge >= 0.3 is 5.91 Å². The Morgan fingerprint density at radius 3 is 2.26 bits per heavy atom. The van der Waals surface area contributed by atoms with Gasteiger partial charge in [0.2, 0.25) is 0 Å². The van der Waals surface area contributed by atoms with Crippen molar-refractivity contribution in [1.82, 2.24) is 0 Å². The molecule has 1 N–H and O–H groups in total. The highest BCUT2D eigenvalue weighted by atomic mass is 16.5. The average molecular weight is 309 g/mol. The molecule has 0 atom stereocenters. The molecule has 0 unspecified atom stereocenters. The van der Waals surface area contributed by atoms with Crippen molar-refractivity contribution in [3.05, 3.63) is 65.4 Å². The van der Waals surface area contributed by atoms with Crippen LogP contribution in [0, 0.1) is 6.92 Å². The number of anilines is 1. The third-order valence-electron chi connectivity index (χ3n) is 3.73. The summed E-state index contributed by atoms with van der Waals surface area (Å²) in [6.07, 6.45) is 0. The average Bonchev–Trinajstić information content (AvgIpc) is 2.78. The molecule has 0 spiro atoms. The van der Waals surface area contributed by atoms with Crippen molar-refractivity contribution >= 4 is 23.1 Å². The Bertz CT molecular complexity index is 821. The van der Waals surface area contributed by atoms with Crippen molar-refractivity contribution in [1.29, 1.82) is 0 Å². The van der Waals surface area contributed by atoms with Gasteiger partial charge in [0.1, 0.15) is 5.75 Å². The number of imide groups is 1. The summed E-state index contributed by atoms with van der Waals surface area (Å²) in [5.74, 6) is -1.46. The number of para-hydroxylation sites is 1. The number of aryl methyl sites for hydroxylation is 1. The van der Waals surface area contributed by atoms with Crippen LogP contribution in [0.2, 0.25) is 0 Å². The van der Waals surface area contributed by atoms with E-state index in [9.17, 15) is 14.7 Å². The van der Waals surface area contributed by atoms with Crippen molar-refractivity contribution in [2.45, 2.75) is 6.92 Å². The van der Waals surface area contributed by atoms with Crippen LogP contribution in [0.1, 0.15) is 11.1 Å². The zero-order valence-corrected chi connectivity index (χ0v) is 12.7. The van der Waals surface area contributed by atoms with Crippen molar-refractivity contribution in [2.75, 3.05) is 12.0 Å². The zero-order chi connectivity index (χ0) is 16.6. The molecule has 5 nitrogen and oxygen atoms in total. The van der Waals surface area contributed by atoms with Crippen LogP contribution >= 0.6 is 0 Å². The molecule has 1 aliphatic rings. The first-order chi connectivity index (χ1) is 11.0. The standard InChI is InChI=1S/C18H15NO4/c1-11-7-9-12(10-8-11)19-17(21)15(16(20)18(19)22)13-5-3-4-6-14(13)23-2/h3-10,20H,1-2H3. The van der Waals surface area contributed by atoms with Gasteiger partial charge in [0.15, 0.2) is 5.76 Å². The molecule has 2 amide bonds. The summed E-state index contributed by atoms with van der Waals surface area (Å²) in [6.45, 7) is 1.91. The largest absolute Gasteiger partial charge is 0.502 e. The number of benzene rings is 2. The lowest BCUT2D eigenvalue weighted by atomic mass is 10.0. The van der Waals surface area contributed by atoms with E-state index >= 15 is 0 Å². The molecule has 0 fully saturated rings. The molecule has 2 aromatic carbocycles. The number of hydrogen-bond acceptors (Lipinski definition) is 4. The molecular formula is C18H15NO4. The number of aliphatic hydroxyl groups excluding tert-OH is 1. The quantitative estimate of drug-likeness (QED) is 0.885. The lowest BCUT2D eigenvalue weighted by Gasteiger charge is -2.15. The lowest BCUT2D eigenvalue weighted by molar-refractivity contribution is -0.121. The fourth-order valence-corrected chi connectivity index (χ4v) is 2.54. The van der Waals surface area contributed by atoms with Crippen molar-refractivity contribution in [3.8, 4) is 5.75 Å². The van der Waals surface area contributed by atoms with Crippen LogP contribution in [0.25, 0.3) is 5.57 Å². The van der Waals surface area contributed by atoms with E-state index < -0.39 is 17.6 Å². The van der Waals surface area contributed by atoms with Crippen LogP contribution in [0.5, 0.6) is 5.75 Å². The van der Waals surface area contributed by atoms with Gasteiger partial charge in [-0.05, 0) is 25.1 Å². The monoisotopic (exact) mass is 309 g/mol. The van der Waals surface area contributed by atoms with Crippen LogP contribution in [0.3, 0.4) is 0 Å². The van der Waals surface area contributed by atoms with Gasteiger partial charge in [0, 0.05) is 5.56 Å². The number of hydrogen-bond donors (Lipinski definition) is 1. The number of carbonyl (C=O) groups is 2. The van der Waals surface area contributed by atoms with Crippen LogP contribution in [-0.4, -0.2) is 24.0 Å². The molecule has 3 rings (SSSR count). The Labute approximate surface area is 133 Å². The van der Waals surface area contributed by atoms with E-state index in [1.54, 1.807) is 48.5 Å². The van der Waals surface area contributed by atoms with Gasteiger partial charge in [0.05, 0.1) is 18.4 Å². The van der Waals surface area contributed by atoms with Crippen LogP contribution in [0.15, 0.2) is 54.3 Å². The second-order valence-corrected chi connectivity index (χ2v) is 5.21. The zero-order valence-electron chi connectivity index (χ0n) is 12.7. The Balaban J connectivity index is 2.08. The molecule has 0 saturated heterocycles. The summed E-state index contributed by atoms with van der Waals surface area (Å²) in [5.41, 5.74) is 1.77. The summed E-state index contributed by atoms with van der Waals surface area (Å²) >= 11 is 0. The van der Waals surface area contributed by atoms with Gasteiger partial charge in [-0.3, -0.25) is 9.59 Å². The molecule has 23 heavy (non-hydrogen) atoms. The van der Waals surface area contributed by atoms with Crippen molar-refractivity contribution < 1.29 is 19.4 Å². The van der Waals surface area contributed by atoms with Gasteiger partial charge in [-0.2, -0.15) is 0 Å². The van der Waals surface area contributed by atoms with E-state index in [0.29, 0.717) is 17.0 Å². The molecule has 1 aliphatic heterocycles. The second kappa shape index (κ2) is 5.61. The highest BCUT2D eigenvalue weighted by Gasteiger charge is 2.41. The van der Waals surface area contributed by atoms with E-state index in [4.69, 9.17) is 4.74 Å². The van der Waals surface area contributed by atoms with Crippen LogP contribution in [0.4, 0.5) is 5.69 Å². The number of aliphatic hydroxyl groups is 1. The maximum absolute atomic E-state index is 12.7. The topological polar surface area (TPSA) is 66.8 Å². The summed E-state index contributed by atoms with van der Waals surface area (Å²) in [5, 5.41) is 10.2. The molecule has 5 heteroatoms. The van der Waals surface area contributed by atoms with Crippen LogP contribution in [-0.2, 0) is 9.59 Å². The Morgan fingerprint density at radius 1 is 0.957 bits per heavy atom. The number of amides is 2. The fraction of sp³-hybridized carbons (Fsp3) is 0.111. The van der Waals surface area contributed by atoms with Crippen molar-refractivity contribution in [3.63, 3.8) is 0 Å². The predicted molar refractivity (Wildman–Crippen MR) is 86.2 cm³/mol. The van der Waals surface area contributed by atoms with Gasteiger partial charge in [-0.15, -0.1) is 0 Å². The number of methoxy groups -OCH3 is 1. The molecule has 2 aromatic rings. The number of ether oxygens (including phenoxy) is 1. The third kappa shape index (κ3) is 2.36. The van der Waals surface area contributed by atoms with Crippen molar-refractivity contribution in [2.24, 2.45) is 0 Å². The Morgan fingerprint density at radius 2 is 1.61 bits per heavy atom. The summed E-state index contributed by atoms with van der Waals surface area (Å²) in [7, 11) is 1.47. The fourth-order valence-electron chi connectivity index (χ4n) is 2.54. The third-order valence-corrected chi connectivity index (χ3v) is 3.73. The van der Waals surface area contributed by atoms with E-state index in [1.807, 2.05) is 6.92 Å². The number of nitrogens with zero attached hydrogens (tertiary/aromatic N) is 1. The molecule has 116 valence electrons. The summed E-state index contributed by atoms with van der Waals surface area (Å²) in [4.78, 5) is 26.0. The molecule has 0 saturated carbocycles. The van der Waals surface area contributed by atoms with E-state index in [-0.39, 0.29) is 5.57 Å². The first-order valence-corrected chi connectivity index (χ1v) is 7.06.